The average Bonchev–Trinajstić information content (AvgIpc) is 2.00. The normalized spacial score (nSPS) is 29.6. The van der Waals surface area contributed by atoms with Crippen LogP contribution < -0.4 is 0 Å². The third kappa shape index (κ3) is 4.05. The summed E-state index contributed by atoms with van der Waals surface area (Å²) in [6.45, 7) is 1.39. The Morgan fingerprint density at radius 3 is 1.79 bits per heavy atom. The second-order valence-corrected chi connectivity index (χ2v) is 3.57. The van der Waals surface area contributed by atoms with Crippen molar-refractivity contribution in [2.75, 3.05) is 6.61 Å². The van der Waals surface area contributed by atoms with Crippen molar-refractivity contribution < 1.29 is 14.9 Å². The van der Waals surface area contributed by atoms with Crippen LogP contribution in [0.4, 0.5) is 0 Å². The summed E-state index contributed by atoms with van der Waals surface area (Å²) in [6, 6.07) is 0. The van der Waals surface area contributed by atoms with Gasteiger partial charge in [0.05, 0.1) is 24.9 Å². The van der Waals surface area contributed by atoms with E-state index in [4.69, 9.17) is 14.9 Å². The summed E-state index contributed by atoms with van der Waals surface area (Å²) in [6.07, 6.45) is 11.1. The van der Waals surface area contributed by atoms with Crippen LogP contribution in [-0.2, 0) is 4.74 Å². The van der Waals surface area contributed by atoms with Gasteiger partial charge in [0, 0.05) is 0 Å². The molecule has 0 aromatic heterocycles. The molecule has 0 saturated carbocycles. The minimum atomic E-state index is -0.560. The monoisotopic (exact) mass is 198 g/mol. The van der Waals surface area contributed by atoms with Crippen molar-refractivity contribution in [2.24, 2.45) is 0 Å². The molecule has 0 aromatic carbocycles. The molecule has 0 aromatic rings. The number of rotatable bonds is 3. The minimum Gasteiger partial charge on any atom is -0.394 e. The van der Waals surface area contributed by atoms with Gasteiger partial charge < -0.3 is 14.9 Å². The molecule has 2 aliphatic carbocycles. The molecule has 3 heteroatoms. The fourth-order valence-corrected chi connectivity index (χ4v) is 0.921. The molecule has 0 amide bonds. The zero-order valence-corrected chi connectivity index (χ0v) is 8.47. The summed E-state index contributed by atoms with van der Waals surface area (Å²) < 4.78 is 5.55. The number of aliphatic hydroxyl groups excluding tert-OH is 2. The van der Waals surface area contributed by atoms with Crippen molar-refractivity contribution >= 4 is 0 Å². The molecule has 2 N–H and O–H groups in total. The topological polar surface area (TPSA) is 49.7 Å². The highest BCUT2D eigenvalue weighted by Crippen LogP contribution is 2.20. The summed E-state index contributed by atoms with van der Waals surface area (Å²) in [5, 5.41) is 16.0. The van der Waals surface area contributed by atoms with Gasteiger partial charge in [-0.2, -0.15) is 0 Å². The van der Waals surface area contributed by atoms with E-state index in [1.807, 2.05) is 0 Å². The van der Waals surface area contributed by atoms with E-state index >= 15 is 0 Å². The Bertz CT molecular complexity index is 191. The quantitative estimate of drug-likeness (QED) is 0.666. The van der Waals surface area contributed by atoms with Crippen molar-refractivity contribution in [3.63, 3.8) is 0 Å². The van der Waals surface area contributed by atoms with Crippen LogP contribution in [0.25, 0.3) is 0 Å². The zero-order valence-electron chi connectivity index (χ0n) is 8.47. The van der Waals surface area contributed by atoms with Gasteiger partial charge in [-0.25, -0.2) is 0 Å². The summed E-state index contributed by atoms with van der Waals surface area (Å²) in [7, 11) is 0. The fraction of sp³-hybridized carbons (Fsp3) is 0.636. The van der Waals surface area contributed by atoms with Gasteiger partial charge in [-0.15, -0.1) is 0 Å². The lowest BCUT2D eigenvalue weighted by molar-refractivity contribution is 0.0273. The summed E-state index contributed by atoms with van der Waals surface area (Å²) >= 11 is 0. The zero-order chi connectivity index (χ0) is 10.4. The lowest BCUT2D eigenvalue weighted by Crippen LogP contribution is -2.24. The van der Waals surface area contributed by atoms with Gasteiger partial charge in [-0.05, 0) is 19.8 Å². The number of aliphatic hydroxyl groups is 2. The molecule has 3 unspecified atom stereocenters. The first-order valence-electron chi connectivity index (χ1n) is 5.00. The first-order chi connectivity index (χ1) is 6.72. The van der Waals surface area contributed by atoms with Crippen LogP contribution in [0.1, 0.15) is 19.8 Å². The average molecular weight is 198 g/mol. The van der Waals surface area contributed by atoms with Gasteiger partial charge in [-0.1, -0.05) is 24.3 Å². The number of hydrogen-bond donors (Lipinski definition) is 2. The van der Waals surface area contributed by atoms with Crippen molar-refractivity contribution in [2.45, 2.75) is 38.1 Å². The van der Waals surface area contributed by atoms with Crippen molar-refractivity contribution in [3.8, 4) is 0 Å². The second-order valence-electron chi connectivity index (χ2n) is 3.57. The Balaban J connectivity index is 0.000000171. The van der Waals surface area contributed by atoms with Crippen LogP contribution in [0.2, 0.25) is 0 Å². The lowest BCUT2D eigenvalue weighted by atomic mass is 10.0. The first-order valence-corrected chi connectivity index (χ1v) is 5.00. The Morgan fingerprint density at radius 2 is 1.64 bits per heavy atom. The molecule has 0 fully saturated rings. The molecule has 80 valence electrons. The van der Waals surface area contributed by atoms with E-state index in [1.165, 1.54) is 6.92 Å². The van der Waals surface area contributed by atoms with Gasteiger partial charge in [0.2, 0.25) is 0 Å². The first kappa shape index (κ1) is 11.4. The maximum atomic E-state index is 8.11. The molecule has 0 aliphatic heterocycles. The predicted octanol–water partition coefficient (Wildman–Crippen LogP) is 1.02. The van der Waals surface area contributed by atoms with E-state index in [1.54, 1.807) is 0 Å². The fourth-order valence-electron chi connectivity index (χ4n) is 0.921. The third-order valence-electron chi connectivity index (χ3n) is 2.05. The molecule has 0 bridgehead atoms. The highest BCUT2D eigenvalue weighted by Gasteiger charge is 2.17. The Morgan fingerprint density at radius 1 is 1.29 bits per heavy atom. The van der Waals surface area contributed by atoms with E-state index < -0.39 is 6.10 Å². The smallest absolute Gasteiger partial charge is 0.0798 e. The van der Waals surface area contributed by atoms with Gasteiger partial charge in [0.25, 0.3) is 0 Å². The number of ether oxygens (including phenoxy) is 1. The lowest BCUT2D eigenvalue weighted by Gasteiger charge is -2.26. The van der Waals surface area contributed by atoms with E-state index in [-0.39, 0.29) is 6.61 Å². The molecular formula is C11H18O3. The van der Waals surface area contributed by atoms with E-state index in [0.717, 1.165) is 12.8 Å². The molecule has 2 aliphatic rings. The molecule has 0 heterocycles. The highest BCUT2D eigenvalue weighted by atomic mass is 16.5. The van der Waals surface area contributed by atoms with Crippen LogP contribution in [-0.4, -0.2) is 35.1 Å². The van der Waals surface area contributed by atoms with Gasteiger partial charge in [0.15, 0.2) is 0 Å². The van der Waals surface area contributed by atoms with Gasteiger partial charge >= 0.3 is 0 Å². The molecular weight excluding hydrogens is 180 g/mol. The Kier molecular flexibility index (Phi) is 4.87. The maximum absolute atomic E-state index is 8.11. The molecule has 2 rings (SSSR count). The summed E-state index contributed by atoms with van der Waals surface area (Å²) in [5.74, 6) is 0. The van der Waals surface area contributed by atoms with Crippen molar-refractivity contribution in [3.05, 3.63) is 24.3 Å². The van der Waals surface area contributed by atoms with Gasteiger partial charge in [0.1, 0.15) is 0 Å². The van der Waals surface area contributed by atoms with E-state index in [0.29, 0.717) is 12.2 Å². The van der Waals surface area contributed by atoms with Crippen LogP contribution in [0.5, 0.6) is 0 Å². The summed E-state index contributed by atoms with van der Waals surface area (Å²) in [5.41, 5.74) is 0. The largest absolute Gasteiger partial charge is 0.394 e. The SMILES string of the molecule is C1=CC(OC2C=CC2)C1.CC(O)CO. The van der Waals surface area contributed by atoms with E-state index in [2.05, 4.69) is 24.3 Å². The standard InChI is InChI=1S/C8H10O.C3H8O2/c1-3-7(4-1)9-8-5-2-6-8;1-3(5)2-4/h1-3,5,7-8H,4,6H2;3-5H,2H2,1H3. The van der Waals surface area contributed by atoms with Crippen LogP contribution >= 0.6 is 0 Å². The van der Waals surface area contributed by atoms with Crippen LogP contribution in [0.3, 0.4) is 0 Å². The molecule has 0 saturated heterocycles. The van der Waals surface area contributed by atoms with Gasteiger partial charge in [-0.3, -0.25) is 0 Å². The summed E-state index contributed by atoms with van der Waals surface area (Å²) in [4.78, 5) is 0. The highest BCUT2D eigenvalue weighted by molar-refractivity contribution is 5.08. The minimum absolute atomic E-state index is 0.139. The maximum Gasteiger partial charge on any atom is 0.0798 e. The van der Waals surface area contributed by atoms with E-state index in [9.17, 15) is 0 Å². The molecule has 14 heavy (non-hydrogen) atoms. The third-order valence-corrected chi connectivity index (χ3v) is 2.05. The number of hydrogen-bond acceptors (Lipinski definition) is 3. The molecule has 0 radical (unpaired) electrons. The predicted molar refractivity (Wildman–Crippen MR) is 54.9 cm³/mol. The Hall–Kier alpha value is -0.640. The van der Waals surface area contributed by atoms with Crippen molar-refractivity contribution in [1.29, 1.82) is 0 Å². The molecule has 3 nitrogen and oxygen atoms in total. The molecule has 3 atom stereocenters. The van der Waals surface area contributed by atoms with Crippen molar-refractivity contribution in [1.82, 2.24) is 0 Å². The van der Waals surface area contributed by atoms with Crippen LogP contribution in [0.15, 0.2) is 24.3 Å². The van der Waals surface area contributed by atoms with Crippen LogP contribution in [0, 0.1) is 0 Å². The Labute approximate surface area is 84.7 Å². The molecule has 0 spiro atoms. The second kappa shape index (κ2) is 5.96.